The maximum atomic E-state index is 12.4. The number of carbonyl (C=O) groups is 1. The molecule has 0 bridgehead atoms. The zero-order valence-electron chi connectivity index (χ0n) is 13.6. The number of hydrazine groups is 1. The number of benzene rings is 2. The van der Waals surface area contributed by atoms with Crippen LogP contribution in [0.4, 0.5) is 5.69 Å². The SMILES string of the molecule is Cc1cc(O)c(C2CC(C(=O)Nc3ccccc3C)NN2)cc1Cl. The van der Waals surface area contributed by atoms with E-state index in [1.165, 1.54) is 0 Å². The van der Waals surface area contributed by atoms with Crippen molar-refractivity contribution in [2.45, 2.75) is 32.4 Å². The van der Waals surface area contributed by atoms with Gasteiger partial charge in [0.05, 0.1) is 6.04 Å². The van der Waals surface area contributed by atoms with Gasteiger partial charge in [-0.3, -0.25) is 4.79 Å². The Balaban J connectivity index is 1.70. The van der Waals surface area contributed by atoms with E-state index in [-0.39, 0.29) is 17.7 Å². The minimum Gasteiger partial charge on any atom is -0.508 e. The van der Waals surface area contributed by atoms with Crippen molar-refractivity contribution < 1.29 is 9.90 Å². The van der Waals surface area contributed by atoms with E-state index >= 15 is 0 Å². The van der Waals surface area contributed by atoms with Crippen LogP contribution in [0.25, 0.3) is 0 Å². The van der Waals surface area contributed by atoms with E-state index in [0.717, 1.165) is 16.8 Å². The van der Waals surface area contributed by atoms with Crippen LogP contribution >= 0.6 is 11.6 Å². The molecule has 3 rings (SSSR count). The fourth-order valence-corrected chi connectivity index (χ4v) is 3.00. The molecule has 5 nitrogen and oxygen atoms in total. The number of carbonyl (C=O) groups excluding carboxylic acids is 1. The van der Waals surface area contributed by atoms with E-state index in [0.29, 0.717) is 17.0 Å². The monoisotopic (exact) mass is 345 g/mol. The van der Waals surface area contributed by atoms with Crippen LogP contribution in [-0.2, 0) is 4.79 Å². The van der Waals surface area contributed by atoms with Gasteiger partial charge in [-0.1, -0.05) is 29.8 Å². The van der Waals surface area contributed by atoms with Gasteiger partial charge in [0.15, 0.2) is 0 Å². The lowest BCUT2D eigenvalue weighted by atomic mass is 9.99. The van der Waals surface area contributed by atoms with Crippen LogP contribution < -0.4 is 16.2 Å². The normalized spacial score (nSPS) is 20.1. The minimum absolute atomic E-state index is 0.114. The van der Waals surface area contributed by atoms with Gasteiger partial charge >= 0.3 is 0 Å². The van der Waals surface area contributed by atoms with Gasteiger partial charge in [-0.15, -0.1) is 0 Å². The summed E-state index contributed by atoms with van der Waals surface area (Å²) in [5.41, 5.74) is 9.36. The summed E-state index contributed by atoms with van der Waals surface area (Å²) in [4.78, 5) is 12.4. The molecular weight excluding hydrogens is 326 g/mol. The number of para-hydroxylation sites is 1. The second kappa shape index (κ2) is 6.81. The first-order valence-electron chi connectivity index (χ1n) is 7.82. The number of nitrogens with one attached hydrogen (secondary N) is 3. The second-order valence-electron chi connectivity index (χ2n) is 6.09. The Morgan fingerprint density at radius 2 is 1.96 bits per heavy atom. The third kappa shape index (κ3) is 3.38. The number of phenolic OH excluding ortho intramolecular Hbond substituents is 1. The van der Waals surface area contributed by atoms with E-state index in [1.807, 2.05) is 38.1 Å². The molecule has 0 aliphatic carbocycles. The van der Waals surface area contributed by atoms with Crippen molar-refractivity contribution >= 4 is 23.2 Å². The van der Waals surface area contributed by atoms with Crippen LogP contribution in [0.5, 0.6) is 5.75 Å². The minimum atomic E-state index is -0.394. The summed E-state index contributed by atoms with van der Waals surface area (Å²) in [7, 11) is 0. The number of anilines is 1. The lowest BCUT2D eigenvalue weighted by molar-refractivity contribution is -0.117. The van der Waals surface area contributed by atoms with Gasteiger partial charge in [-0.05, 0) is 49.6 Å². The molecule has 4 N–H and O–H groups in total. The third-order valence-electron chi connectivity index (χ3n) is 4.31. The Kier molecular flexibility index (Phi) is 4.76. The molecule has 1 fully saturated rings. The summed E-state index contributed by atoms with van der Waals surface area (Å²) < 4.78 is 0. The Bertz CT molecular complexity index is 779. The van der Waals surface area contributed by atoms with Gasteiger partial charge in [0.25, 0.3) is 0 Å². The third-order valence-corrected chi connectivity index (χ3v) is 4.71. The molecule has 1 aliphatic rings. The molecule has 0 aromatic heterocycles. The molecule has 2 aromatic carbocycles. The average molecular weight is 346 g/mol. The smallest absolute Gasteiger partial charge is 0.242 e. The zero-order chi connectivity index (χ0) is 17.3. The van der Waals surface area contributed by atoms with Crippen LogP contribution in [0.3, 0.4) is 0 Å². The summed E-state index contributed by atoms with van der Waals surface area (Å²) in [6.45, 7) is 3.79. The van der Waals surface area contributed by atoms with Crippen LogP contribution in [0.15, 0.2) is 36.4 Å². The second-order valence-corrected chi connectivity index (χ2v) is 6.50. The summed E-state index contributed by atoms with van der Waals surface area (Å²) in [5, 5.41) is 13.7. The standard InChI is InChI=1S/C18H20ClN3O2/c1-10-5-3-4-6-14(10)20-18(24)16-9-15(21-22-16)12-8-13(19)11(2)7-17(12)23/h3-8,15-16,21-23H,9H2,1-2H3,(H,20,24). The maximum absolute atomic E-state index is 12.4. The van der Waals surface area contributed by atoms with E-state index in [4.69, 9.17) is 11.6 Å². The first kappa shape index (κ1) is 16.8. The fourth-order valence-electron chi connectivity index (χ4n) is 2.83. The first-order valence-corrected chi connectivity index (χ1v) is 8.20. The molecule has 2 aromatic rings. The maximum Gasteiger partial charge on any atom is 0.242 e. The number of halogens is 1. The number of phenols is 1. The number of amides is 1. The van der Waals surface area contributed by atoms with E-state index < -0.39 is 6.04 Å². The fraction of sp³-hybridized carbons (Fsp3) is 0.278. The van der Waals surface area contributed by atoms with Gasteiger partial charge in [0, 0.05) is 16.3 Å². The topological polar surface area (TPSA) is 73.4 Å². The molecular formula is C18H20ClN3O2. The molecule has 0 radical (unpaired) electrons. The lowest BCUT2D eigenvalue weighted by Crippen LogP contribution is -2.39. The molecule has 1 amide bonds. The highest BCUT2D eigenvalue weighted by atomic mass is 35.5. The summed E-state index contributed by atoms with van der Waals surface area (Å²) >= 11 is 6.15. The highest BCUT2D eigenvalue weighted by molar-refractivity contribution is 6.31. The van der Waals surface area contributed by atoms with Gasteiger partial charge < -0.3 is 10.4 Å². The van der Waals surface area contributed by atoms with Crippen LogP contribution in [0, 0.1) is 13.8 Å². The molecule has 2 atom stereocenters. The molecule has 0 spiro atoms. The van der Waals surface area contributed by atoms with Crippen molar-refractivity contribution in [3.63, 3.8) is 0 Å². The Morgan fingerprint density at radius 3 is 2.71 bits per heavy atom. The largest absolute Gasteiger partial charge is 0.508 e. The highest BCUT2D eigenvalue weighted by Crippen LogP contribution is 2.33. The molecule has 1 heterocycles. The zero-order valence-corrected chi connectivity index (χ0v) is 14.3. The predicted molar refractivity (Wildman–Crippen MR) is 95.1 cm³/mol. The van der Waals surface area contributed by atoms with Gasteiger partial charge in [-0.25, -0.2) is 10.9 Å². The number of aromatic hydroxyl groups is 1. The van der Waals surface area contributed by atoms with E-state index in [1.54, 1.807) is 12.1 Å². The van der Waals surface area contributed by atoms with E-state index in [2.05, 4.69) is 16.2 Å². The summed E-state index contributed by atoms with van der Waals surface area (Å²) in [6, 6.07) is 10.4. The highest BCUT2D eigenvalue weighted by Gasteiger charge is 2.31. The van der Waals surface area contributed by atoms with Crippen molar-refractivity contribution in [2.24, 2.45) is 0 Å². The number of aryl methyl sites for hydroxylation is 2. The summed E-state index contributed by atoms with van der Waals surface area (Å²) in [5.74, 6) is 0.0631. The van der Waals surface area contributed by atoms with Crippen LogP contribution in [0.2, 0.25) is 5.02 Å². The Labute approximate surface area is 146 Å². The number of hydrogen-bond acceptors (Lipinski definition) is 4. The lowest BCUT2D eigenvalue weighted by Gasteiger charge is -2.14. The van der Waals surface area contributed by atoms with Crippen molar-refractivity contribution in [1.82, 2.24) is 10.9 Å². The number of hydrogen-bond donors (Lipinski definition) is 4. The molecule has 126 valence electrons. The van der Waals surface area contributed by atoms with Crippen molar-refractivity contribution in [1.29, 1.82) is 0 Å². The van der Waals surface area contributed by atoms with Crippen molar-refractivity contribution in [3.05, 3.63) is 58.1 Å². The van der Waals surface area contributed by atoms with Crippen molar-refractivity contribution in [3.8, 4) is 5.75 Å². The summed E-state index contributed by atoms with van der Waals surface area (Å²) in [6.07, 6.45) is 0.519. The van der Waals surface area contributed by atoms with Gasteiger partial charge in [0.1, 0.15) is 11.8 Å². The van der Waals surface area contributed by atoms with Crippen molar-refractivity contribution in [2.75, 3.05) is 5.32 Å². The average Bonchev–Trinajstić information content (AvgIpc) is 3.03. The molecule has 1 aliphatic heterocycles. The predicted octanol–water partition coefficient (Wildman–Crippen LogP) is 3.21. The van der Waals surface area contributed by atoms with Gasteiger partial charge in [-0.2, -0.15) is 0 Å². The van der Waals surface area contributed by atoms with E-state index in [9.17, 15) is 9.90 Å². The molecule has 0 saturated carbocycles. The first-order chi connectivity index (χ1) is 11.5. The Morgan fingerprint density at radius 1 is 1.21 bits per heavy atom. The van der Waals surface area contributed by atoms with Gasteiger partial charge in [0.2, 0.25) is 5.91 Å². The quantitative estimate of drug-likeness (QED) is 0.689. The van der Waals surface area contributed by atoms with Crippen LogP contribution in [-0.4, -0.2) is 17.1 Å². The molecule has 1 saturated heterocycles. The molecule has 2 unspecified atom stereocenters. The molecule has 6 heteroatoms. The number of rotatable bonds is 3. The molecule has 24 heavy (non-hydrogen) atoms. The van der Waals surface area contributed by atoms with Crippen LogP contribution in [0.1, 0.15) is 29.2 Å². The Hall–Kier alpha value is -2.08.